The Morgan fingerprint density at radius 1 is 0.968 bits per heavy atom. The third-order valence-corrected chi connectivity index (χ3v) is 3.52. The summed E-state index contributed by atoms with van der Waals surface area (Å²) in [5.74, 6) is -11.8. The average molecular weight is 476 g/mol. The Morgan fingerprint density at radius 2 is 1.45 bits per heavy atom. The van der Waals surface area contributed by atoms with Gasteiger partial charge in [-0.1, -0.05) is 0 Å². The lowest BCUT2D eigenvalue weighted by Crippen LogP contribution is -2.56. The van der Waals surface area contributed by atoms with Crippen LogP contribution < -0.4 is 4.74 Å². The second-order valence-corrected chi connectivity index (χ2v) is 5.60. The molecule has 1 N–H and O–H groups in total. The zero-order valence-electron chi connectivity index (χ0n) is 15.0. The number of carboxylic acids is 1. The summed E-state index contributed by atoms with van der Waals surface area (Å²) in [6.45, 7) is 0.752. The summed E-state index contributed by atoms with van der Waals surface area (Å²) in [5, 5.41) is 8.96. The molecule has 0 aliphatic rings. The molecule has 0 saturated heterocycles. The molecule has 1 aromatic rings. The molecule has 176 valence electrons. The van der Waals surface area contributed by atoms with Gasteiger partial charge in [-0.2, -0.15) is 39.5 Å². The fourth-order valence-electron chi connectivity index (χ4n) is 1.95. The van der Waals surface area contributed by atoms with Crippen molar-refractivity contribution in [3.8, 4) is 5.75 Å². The normalized spacial score (nSPS) is 14.2. The van der Waals surface area contributed by atoms with Crippen LogP contribution in [0, 0.1) is 6.92 Å². The smallest absolute Gasteiger partial charge is 0.462 e. The van der Waals surface area contributed by atoms with Gasteiger partial charge in [0.2, 0.25) is 0 Å². The van der Waals surface area contributed by atoms with Crippen molar-refractivity contribution in [3.63, 3.8) is 0 Å². The minimum atomic E-state index is -7.07. The molecule has 0 amide bonds. The van der Waals surface area contributed by atoms with Crippen LogP contribution >= 0.6 is 0 Å². The summed E-state index contributed by atoms with van der Waals surface area (Å²) in [6.07, 6.45) is -24.5. The van der Waals surface area contributed by atoms with Gasteiger partial charge in [-0.15, -0.1) is 0 Å². The number of carbonyl (C=O) groups excluding carboxylic acids is 1. The number of carboxylic acid groups (broad SMARTS) is 1. The summed E-state index contributed by atoms with van der Waals surface area (Å²) in [7, 11) is 0.728. The van der Waals surface area contributed by atoms with E-state index in [1.165, 1.54) is 0 Å². The molecule has 0 saturated carbocycles. The lowest BCUT2D eigenvalue weighted by molar-refractivity contribution is -0.460. The van der Waals surface area contributed by atoms with Crippen LogP contribution in [0.3, 0.4) is 0 Å². The monoisotopic (exact) mass is 476 g/mol. The maximum Gasteiger partial charge on any atom is 0.462 e. The van der Waals surface area contributed by atoms with Crippen LogP contribution in [-0.4, -0.2) is 54.8 Å². The van der Waals surface area contributed by atoms with Crippen LogP contribution in [0.4, 0.5) is 43.9 Å². The molecule has 0 radical (unpaired) electrons. The molecule has 0 aliphatic heterocycles. The molecule has 0 aliphatic carbocycles. The van der Waals surface area contributed by atoms with Gasteiger partial charge in [-0.3, -0.25) is 4.74 Å². The molecule has 1 aromatic carbocycles. The Labute approximate surface area is 165 Å². The van der Waals surface area contributed by atoms with Gasteiger partial charge in [0.1, 0.15) is 11.3 Å². The molecule has 6 nitrogen and oxygen atoms in total. The highest BCUT2D eigenvalue weighted by Crippen LogP contribution is 2.48. The van der Waals surface area contributed by atoms with E-state index in [2.05, 4.69) is 14.2 Å². The number of hydrogen-bond donors (Lipinski definition) is 1. The highest BCUT2D eigenvalue weighted by atomic mass is 19.4. The van der Waals surface area contributed by atoms with Gasteiger partial charge in [0.15, 0.2) is 0 Å². The molecule has 1 rings (SSSR count). The van der Waals surface area contributed by atoms with Crippen molar-refractivity contribution in [2.24, 2.45) is 0 Å². The van der Waals surface area contributed by atoms with Gasteiger partial charge in [-0.05, 0) is 19.1 Å². The highest BCUT2D eigenvalue weighted by Gasteiger charge is 2.76. The predicted octanol–water partition coefficient (Wildman–Crippen LogP) is 4.55. The standard InChI is InChI=1S/C15H10F10O6/c1-5-6(9(26)27)3-4-7(10(28)29-2)8(5)30-12(17,18)11(16)31-15(24,25)13(19,20)14(21,22)23/h3-4,11H,1-2H3,(H,26,27). The van der Waals surface area contributed by atoms with Crippen molar-refractivity contribution < 1.29 is 72.8 Å². The SMILES string of the molecule is COC(=O)c1ccc(C(=O)O)c(C)c1OC(F)(F)C(F)OC(F)(F)C(F)(F)C(F)(F)F. The van der Waals surface area contributed by atoms with Crippen molar-refractivity contribution in [1.29, 1.82) is 0 Å². The Bertz CT molecular complexity index is 851. The van der Waals surface area contributed by atoms with E-state index in [9.17, 15) is 53.5 Å². The van der Waals surface area contributed by atoms with Crippen LogP contribution in [0.25, 0.3) is 0 Å². The van der Waals surface area contributed by atoms with Crippen molar-refractivity contribution in [2.75, 3.05) is 7.11 Å². The number of aromatic carboxylic acids is 1. The van der Waals surface area contributed by atoms with E-state index in [-0.39, 0.29) is 0 Å². The summed E-state index contributed by atoms with van der Waals surface area (Å²) >= 11 is 0. The molecular weight excluding hydrogens is 466 g/mol. The number of carbonyl (C=O) groups is 2. The second kappa shape index (κ2) is 8.39. The summed E-state index contributed by atoms with van der Waals surface area (Å²) < 4.78 is 139. The number of ether oxygens (including phenoxy) is 3. The number of methoxy groups -OCH3 is 1. The highest BCUT2D eigenvalue weighted by molar-refractivity contribution is 5.97. The number of benzene rings is 1. The van der Waals surface area contributed by atoms with Crippen LogP contribution in [0.15, 0.2) is 12.1 Å². The first-order valence-electron chi connectivity index (χ1n) is 7.46. The number of alkyl halides is 10. The Hall–Kier alpha value is -2.78. The molecule has 0 heterocycles. The average Bonchev–Trinajstić information content (AvgIpc) is 2.60. The minimum Gasteiger partial charge on any atom is -0.478 e. The predicted molar refractivity (Wildman–Crippen MR) is 77.0 cm³/mol. The van der Waals surface area contributed by atoms with E-state index in [0.717, 1.165) is 14.0 Å². The van der Waals surface area contributed by atoms with Crippen molar-refractivity contribution in [2.45, 2.75) is 37.6 Å². The van der Waals surface area contributed by atoms with Crippen molar-refractivity contribution in [3.05, 3.63) is 28.8 Å². The van der Waals surface area contributed by atoms with Gasteiger partial charge in [0, 0.05) is 5.56 Å². The van der Waals surface area contributed by atoms with Crippen LogP contribution in [0.2, 0.25) is 0 Å². The third kappa shape index (κ3) is 5.11. The molecule has 1 unspecified atom stereocenters. The first kappa shape index (κ1) is 26.3. The van der Waals surface area contributed by atoms with E-state index < -0.39 is 65.1 Å². The maximum atomic E-state index is 13.9. The van der Waals surface area contributed by atoms with E-state index in [1.807, 2.05) is 0 Å². The van der Waals surface area contributed by atoms with Gasteiger partial charge in [-0.25, -0.2) is 14.0 Å². The molecule has 0 bridgehead atoms. The summed E-state index contributed by atoms with van der Waals surface area (Å²) in [5.41, 5.74) is -2.58. The fourth-order valence-corrected chi connectivity index (χ4v) is 1.95. The minimum absolute atomic E-state index is 0.550. The zero-order valence-corrected chi connectivity index (χ0v) is 15.0. The molecule has 0 spiro atoms. The lowest BCUT2D eigenvalue weighted by atomic mass is 10.0. The zero-order chi connectivity index (χ0) is 24.6. The second-order valence-electron chi connectivity index (χ2n) is 5.60. The molecular formula is C15H10F10O6. The molecule has 31 heavy (non-hydrogen) atoms. The molecule has 0 fully saturated rings. The van der Waals surface area contributed by atoms with E-state index in [1.54, 1.807) is 0 Å². The van der Waals surface area contributed by atoms with Crippen molar-refractivity contribution in [1.82, 2.24) is 0 Å². The Kier molecular flexibility index (Phi) is 7.11. The molecule has 0 aromatic heterocycles. The summed E-state index contributed by atoms with van der Waals surface area (Å²) in [4.78, 5) is 22.7. The van der Waals surface area contributed by atoms with E-state index >= 15 is 0 Å². The molecule has 16 heteroatoms. The quantitative estimate of drug-likeness (QED) is 0.438. The summed E-state index contributed by atoms with van der Waals surface area (Å²) in [6, 6.07) is 1.25. The Balaban J connectivity index is 3.37. The first-order chi connectivity index (χ1) is 13.8. The van der Waals surface area contributed by atoms with Crippen LogP contribution in [0.5, 0.6) is 5.75 Å². The number of esters is 1. The van der Waals surface area contributed by atoms with Crippen LogP contribution in [0.1, 0.15) is 26.3 Å². The van der Waals surface area contributed by atoms with Gasteiger partial charge >= 0.3 is 42.6 Å². The van der Waals surface area contributed by atoms with Gasteiger partial charge < -0.3 is 14.6 Å². The number of hydrogen-bond acceptors (Lipinski definition) is 5. The van der Waals surface area contributed by atoms with E-state index in [0.29, 0.717) is 12.1 Å². The van der Waals surface area contributed by atoms with Gasteiger partial charge in [0.05, 0.1) is 12.7 Å². The fraction of sp³-hybridized carbons (Fsp3) is 0.467. The lowest BCUT2D eigenvalue weighted by Gasteiger charge is -2.31. The Morgan fingerprint density at radius 3 is 1.87 bits per heavy atom. The first-order valence-corrected chi connectivity index (χ1v) is 7.46. The van der Waals surface area contributed by atoms with Gasteiger partial charge in [0.25, 0.3) is 0 Å². The largest absolute Gasteiger partial charge is 0.478 e. The van der Waals surface area contributed by atoms with Crippen LogP contribution in [-0.2, 0) is 9.47 Å². The molecule has 1 atom stereocenters. The van der Waals surface area contributed by atoms with Crippen molar-refractivity contribution >= 4 is 11.9 Å². The maximum absolute atomic E-state index is 13.9. The number of rotatable bonds is 8. The third-order valence-electron chi connectivity index (χ3n) is 3.52. The van der Waals surface area contributed by atoms with E-state index in [4.69, 9.17) is 5.11 Å². The topological polar surface area (TPSA) is 82.1 Å². The number of halogens is 10.